The average molecular weight is 687 g/mol. The van der Waals surface area contributed by atoms with Gasteiger partial charge in [-0.3, -0.25) is 0 Å². The molecule has 0 aliphatic heterocycles. The third kappa shape index (κ3) is 21.5. The first-order chi connectivity index (χ1) is 23.6. The van der Waals surface area contributed by atoms with Crippen molar-refractivity contribution < 1.29 is 29.7 Å². The monoisotopic (exact) mass is 687 g/mol. The largest absolute Gasteiger partial charge is 0.478 e. The lowest BCUT2D eigenvalue weighted by Gasteiger charge is -2.32. The van der Waals surface area contributed by atoms with E-state index in [1.807, 2.05) is 0 Å². The Morgan fingerprint density at radius 2 is 0.796 bits per heavy atom. The number of allylic oxidation sites excluding steroid dienone is 2. The first-order valence-electron chi connectivity index (χ1n) is 20.3. The topological polar surface area (TPSA) is 112 Å². The van der Waals surface area contributed by atoms with Gasteiger partial charge in [-0.15, -0.1) is 0 Å². The van der Waals surface area contributed by atoms with E-state index in [0.717, 1.165) is 12.0 Å². The molecule has 282 valence electrons. The minimum atomic E-state index is -0.935. The van der Waals surface area contributed by atoms with Gasteiger partial charge < -0.3 is 15.3 Å². The summed E-state index contributed by atoms with van der Waals surface area (Å²) in [6.45, 7) is 7.86. The lowest BCUT2D eigenvalue weighted by Crippen LogP contribution is -2.22. The summed E-state index contributed by atoms with van der Waals surface area (Å²) in [4.78, 5) is 32.5. The Morgan fingerprint density at radius 1 is 0.510 bits per heavy atom. The first kappa shape index (κ1) is 44.7. The molecule has 3 aliphatic carbocycles. The van der Waals surface area contributed by atoms with Crippen LogP contribution in [0.4, 0.5) is 0 Å². The van der Waals surface area contributed by atoms with Gasteiger partial charge in [-0.2, -0.15) is 0 Å². The highest BCUT2D eigenvalue weighted by Crippen LogP contribution is 2.41. The molecule has 0 spiro atoms. The van der Waals surface area contributed by atoms with E-state index in [0.29, 0.717) is 23.3 Å². The second kappa shape index (κ2) is 28.3. The number of carboxylic acids is 3. The second-order valence-corrected chi connectivity index (χ2v) is 15.2. The lowest BCUT2D eigenvalue weighted by atomic mass is 9.73. The van der Waals surface area contributed by atoms with Crippen molar-refractivity contribution in [2.24, 2.45) is 17.8 Å². The normalized spacial score (nSPS) is 20.5. The Bertz CT molecular complexity index is 938. The Balaban J connectivity index is 0.000000780. The summed E-state index contributed by atoms with van der Waals surface area (Å²) in [5.74, 6) is -0.694. The van der Waals surface area contributed by atoms with E-state index in [9.17, 15) is 19.5 Å². The van der Waals surface area contributed by atoms with Crippen LogP contribution < -0.4 is 0 Å². The zero-order valence-electron chi connectivity index (χ0n) is 31.9. The van der Waals surface area contributed by atoms with Gasteiger partial charge in [-0.05, 0) is 70.6 Å². The number of carbonyl (C=O) groups is 3. The van der Waals surface area contributed by atoms with Crippen molar-refractivity contribution in [3.05, 3.63) is 34.9 Å². The fraction of sp³-hybridized carbons (Fsp3) is 0.791. The number of carboxylic acid groups (broad SMARTS) is 3. The highest BCUT2D eigenvalue weighted by atomic mass is 16.4. The molecule has 3 rings (SSSR count). The molecule has 0 amide bonds. The number of hydrogen-bond donors (Lipinski definition) is 3. The van der Waals surface area contributed by atoms with Crippen molar-refractivity contribution in [1.29, 1.82) is 0 Å². The Hall–Kier alpha value is -2.37. The van der Waals surface area contributed by atoms with Crippen LogP contribution in [-0.2, 0) is 14.4 Å². The second-order valence-electron chi connectivity index (χ2n) is 15.2. The minimum absolute atomic E-state index is 0.176. The highest BCUT2D eigenvalue weighted by Gasteiger charge is 2.30. The SMILES string of the molecule is C=C(C)C(=O)O.CC=C(C)C(=O)O.O=C(O)C(CC1CCCCCCCCC1)=C(C1CCCCCCCCC1)C1CCCCCCCCC1. The van der Waals surface area contributed by atoms with Crippen LogP contribution in [0.5, 0.6) is 0 Å². The Morgan fingerprint density at radius 3 is 1.02 bits per heavy atom. The van der Waals surface area contributed by atoms with Crippen LogP contribution in [0.2, 0.25) is 0 Å². The van der Waals surface area contributed by atoms with E-state index in [2.05, 4.69) is 6.58 Å². The summed E-state index contributed by atoms with van der Waals surface area (Å²) >= 11 is 0. The zero-order chi connectivity index (χ0) is 36.3. The van der Waals surface area contributed by atoms with Crippen molar-refractivity contribution in [3.8, 4) is 0 Å². The minimum Gasteiger partial charge on any atom is -0.478 e. The number of rotatable bonds is 7. The van der Waals surface area contributed by atoms with Crippen LogP contribution in [0.1, 0.15) is 201 Å². The van der Waals surface area contributed by atoms with Gasteiger partial charge in [-0.25, -0.2) is 14.4 Å². The first-order valence-corrected chi connectivity index (χ1v) is 20.3. The fourth-order valence-corrected chi connectivity index (χ4v) is 7.91. The zero-order valence-corrected chi connectivity index (χ0v) is 31.9. The third-order valence-electron chi connectivity index (χ3n) is 11.0. The van der Waals surface area contributed by atoms with E-state index in [1.54, 1.807) is 19.9 Å². The molecular weight excluding hydrogens is 612 g/mol. The molecule has 0 aromatic heterocycles. The van der Waals surface area contributed by atoms with Gasteiger partial charge in [0.1, 0.15) is 0 Å². The van der Waals surface area contributed by atoms with Crippen LogP contribution >= 0.6 is 0 Å². The van der Waals surface area contributed by atoms with E-state index in [4.69, 9.17) is 10.2 Å². The molecule has 0 bridgehead atoms. The maximum Gasteiger partial charge on any atom is 0.331 e. The van der Waals surface area contributed by atoms with Crippen molar-refractivity contribution in [2.45, 2.75) is 201 Å². The molecule has 0 radical (unpaired) electrons. The molecular formula is C43H74O6. The summed E-state index contributed by atoms with van der Waals surface area (Å²) in [6, 6.07) is 0. The predicted octanol–water partition coefficient (Wildman–Crippen LogP) is 12.9. The van der Waals surface area contributed by atoms with Gasteiger partial charge in [0.05, 0.1) is 0 Å². The van der Waals surface area contributed by atoms with Crippen molar-refractivity contribution in [1.82, 2.24) is 0 Å². The summed E-state index contributed by atoms with van der Waals surface area (Å²) in [5.41, 5.74) is 2.94. The third-order valence-corrected chi connectivity index (χ3v) is 11.0. The highest BCUT2D eigenvalue weighted by molar-refractivity contribution is 5.88. The molecule has 0 unspecified atom stereocenters. The number of hydrogen-bond acceptors (Lipinski definition) is 3. The van der Waals surface area contributed by atoms with Crippen molar-refractivity contribution in [2.75, 3.05) is 0 Å². The van der Waals surface area contributed by atoms with Gasteiger partial charge in [0.2, 0.25) is 0 Å². The van der Waals surface area contributed by atoms with Gasteiger partial charge in [-0.1, -0.05) is 166 Å². The molecule has 0 atom stereocenters. The molecule has 0 aromatic rings. The molecule has 3 saturated carbocycles. The summed E-state index contributed by atoms with van der Waals surface area (Å²) < 4.78 is 0. The molecule has 49 heavy (non-hydrogen) atoms. The average Bonchev–Trinajstić information content (AvgIpc) is 3.09. The predicted molar refractivity (Wildman–Crippen MR) is 204 cm³/mol. The Labute approximate surface area is 300 Å². The van der Waals surface area contributed by atoms with Crippen molar-refractivity contribution in [3.63, 3.8) is 0 Å². The number of aliphatic carboxylic acids is 3. The molecule has 3 fully saturated rings. The van der Waals surface area contributed by atoms with E-state index < -0.39 is 17.9 Å². The maximum atomic E-state index is 13.1. The van der Waals surface area contributed by atoms with Crippen LogP contribution in [0, 0.1) is 17.8 Å². The van der Waals surface area contributed by atoms with E-state index in [-0.39, 0.29) is 5.57 Å². The van der Waals surface area contributed by atoms with Gasteiger partial charge >= 0.3 is 17.9 Å². The van der Waals surface area contributed by atoms with Gasteiger partial charge in [0.15, 0.2) is 0 Å². The fourth-order valence-electron chi connectivity index (χ4n) is 7.91. The molecule has 0 aromatic carbocycles. The summed E-state index contributed by atoms with van der Waals surface area (Å²) in [5, 5.41) is 26.8. The molecule has 3 aliphatic rings. The maximum absolute atomic E-state index is 13.1. The summed E-state index contributed by atoms with van der Waals surface area (Å²) in [6.07, 6.45) is 38.3. The molecule has 0 saturated heterocycles. The van der Waals surface area contributed by atoms with Crippen LogP contribution in [0.15, 0.2) is 34.9 Å². The van der Waals surface area contributed by atoms with E-state index >= 15 is 0 Å². The van der Waals surface area contributed by atoms with Crippen LogP contribution in [0.25, 0.3) is 0 Å². The summed E-state index contributed by atoms with van der Waals surface area (Å²) in [7, 11) is 0. The molecule has 6 heteroatoms. The quantitative estimate of drug-likeness (QED) is 0.230. The van der Waals surface area contributed by atoms with Crippen LogP contribution in [0.3, 0.4) is 0 Å². The van der Waals surface area contributed by atoms with Crippen molar-refractivity contribution >= 4 is 17.9 Å². The molecule has 6 nitrogen and oxygen atoms in total. The standard InChI is InChI=1S/C34H60O2.C5H8O2.C4H6O2/c35-34(36)32(28-29-22-16-10-4-1-5-11-17-23-29)33(30-24-18-12-6-2-7-13-19-25-30)31-26-20-14-8-3-9-15-21-27-31;1-3-4(2)5(6)7;1-3(2)4(5)6/h29-31H,1-28H2,(H,35,36);3H,1-2H3,(H,6,7);1H2,2H3,(H,5,6). The Kier molecular flexibility index (Phi) is 25.8. The van der Waals surface area contributed by atoms with Gasteiger partial charge in [0, 0.05) is 16.7 Å². The smallest absolute Gasteiger partial charge is 0.331 e. The van der Waals surface area contributed by atoms with Crippen LogP contribution in [-0.4, -0.2) is 33.2 Å². The lowest BCUT2D eigenvalue weighted by molar-refractivity contribution is -0.134. The van der Waals surface area contributed by atoms with E-state index in [1.165, 1.54) is 186 Å². The molecule has 3 N–H and O–H groups in total. The van der Waals surface area contributed by atoms with Gasteiger partial charge in [0.25, 0.3) is 0 Å². The molecule has 0 heterocycles.